The van der Waals surface area contributed by atoms with Crippen molar-refractivity contribution < 1.29 is 19.2 Å². The zero-order valence-electron chi connectivity index (χ0n) is 18.0. The van der Waals surface area contributed by atoms with Crippen LogP contribution in [0.3, 0.4) is 0 Å². The van der Waals surface area contributed by atoms with Gasteiger partial charge >= 0.3 is 0 Å². The van der Waals surface area contributed by atoms with E-state index < -0.39 is 23.9 Å². The zero-order chi connectivity index (χ0) is 22.5. The molecular weight excluding hydrogens is 414 g/mol. The molecule has 11 nitrogen and oxygen atoms in total. The third kappa shape index (κ3) is 4.87. The molecular formula is C21H29N7O4. The fourth-order valence-electron chi connectivity index (χ4n) is 4.51. The summed E-state index contributed by atoms with van der Waals surface area (Å²) in [6.45, 7) is 2.83. The predicted molar refractivity (Wildman–Crippen MR) is 113 cm³/mol. The summed E-state index contributed by atoms with van der Waals surface area (Å²) in [5, 5.41) is 8.78. The normalized spacial score (nSPS) is 24.6. The molecule has 3 aliphatic heterocycles. The Morgan fingerprint density at radius 3 is 2.59 bits per heavy atom. The molecule has 1 aromatic rings. The fraction of sp³-hybridized carbons (Fsp3) is 0.619. The monoisotopic (exact) mass is 443 g/mol. The minimum atomic E-state index is -0.904. The number of nitrogens with one attached hydrogen (secondary N) is 3. The van der Waals surface area contributed by atoms with E-state index in [0.29, 0.717) is 19.5 Å². The first-order valence-electron chi connectivity index (χ1n) is 11.2. The number of piperidine rings is 2. The molecule has 3 N–H and O–H groups in total. The van der Waals surface area contributed by atoms with Crippen LogP contribution < -0.4 is 16.0 Å². The van der Waals surface area contributed by atoms with Crippen LogP contribution in [0.2, 0.25) is 0 Å². The molecule has 2 atom stereocenters. The van der Waals surface area contributed by atoms with Crippen molar-refractivity contribution in [2.75, 3.05) is 39.3 Å². The minimum absolute atomic E-state index is 0.0197. The Balaban J connectivity index is 1.51. The number of aromatic nitrogens is 2. The fourth-order valence-corrected chi connectivity index (χ4v) is 4.51. The maximum atomic E-state index is 13.2. The van der Waals surface area contributed by atoms with Crippen LogP contribution in [0.5, 0.6) is 0 Å². The number of nitrogens with zero attached hydrogens (tertiary/aromatic N) is 4. The van der Waals surface area contributed by atoms with Crippen molar-refractivity contribution in [2.45, 2.75) is 37.8 Å². The summed E-state index contributed by atoms with van der Waals surface area (Å²) in [5.74, 6) is -1.14. The highest BCUT2D eigenvalue weighted by Gasteiger charge is 2.40. The lowest BCUT2D eigenvalue weighted by Gasteiger charge is -2.42. The number of hydrogen-bond acceptors (Lipinski definition) is 7. The van der Waals surface area contributed by atoms with E-state index in [0.717, 1.165) is 32.4 Å². The molecule has 0 saturated carbocycles. The number of carbonyl (C=O) groups excluding carboxylic acids is 4. The Morgan fingerprint density at radius 1 is 1.06 bits per heavy atom. The lowest BCUT2D eigenvalue weighted by Crippen LogP contribution is -2.64. The summed E-state index contributed by atoms with van der Waals surface area (Å²) < 4.78 is 0. The van der Waals surface area contributed by atoms with Crippen molar-refractivity contribution in [3.63, 3.8) is 0 Å². The number of carbonyl (C=O) groups is 4. The van der Waals surface area contributed by atoms with E-state index in [1.165, 1.54) is 23.5 Å². The average Bonchev–Trinajstić information content (AvgIpc) is 2.85. The number of piperazine rings is 1. The van der Waals surface area contributed by atoms with Gasteiger partial charge in [0.25, 0.3) is 5.91 Å². The van der Waals surface area contributed by atoms with E-state index in [1.54, 1.807) is 4.90 Å². The molecule has 11 heteroatoms. The molecule has 0 unspecified atom stereocenters. The van der Waals surface area contributed by atoms with E-state index in [1.807, 2.05) is 0 Å². The molecule has 0 bridgehead atoms. The third-order valence-corrected chi connectivity index (χ3v) is 6.33. The van der Waals surface area contributed by atoms with Crippen molar-refractivity contribution in [2.24, 2.45) is 5.92 Å². The maximum absolute atomic E-state index is 13.2. The van der Waals surface area contributed by atoms with Crippen LogP contribution in [0.1, 0.15) is 36.2 Å². The number of rotatable bonds is 4. The van der Waals surface area contributed by atoms with E-state index in [-0.39, 0.29) is 36.5 Å². The SMILES string of the molecule is O=C1NCCC[C@H]1NC(=O)[C@@H]1CN(C(=O)C2CCNCC2)CCN1C(=O)c1cnccn1. The third-order valence-electron chi connectivity index (χ3n) is 6.33. The van der Waals surface area contributed by atoms with Crippen molar-refractivity contribution in [1.29, 1.82) is 0 Å². The highest BCUT2D eigenvalue weighted by Crippen LogP contribution is 2.20. The van der Waals surface area contributed by atoms with Gasteiger partial charge < -0.3 is 25.8 Å². The van der Waals surface area contributed by atoms with E-state index in [4.69, 9.17) is 0 Å². The van der Waals surface area contributed by atoms with Crippen molar-refractivity contribution in [3.05, 3.63) is 24.3 Å². The second kappa shape index (κ2) is 10.0. The summed E-state index contributed by atoms with van der Waals surface area (Å²) in [6, 6.07) is -1.54. The van der Waals surface area contributed by atoms with Crippen LogP contribution in [-0.2, 0) is 14.4 Å². The van der Waals surface area contributed by atoms with Gasteiger partial charge in [-0.05, 0) is 38.8 Å². The molecule has 0 aliphatic carbocycles. The summed E-state index contributed by atoms with van der Waals surface area (Å²) in [6.07, 6.45) is 7.08. The molecule has 32 heavy (non-hydrogen) atoms. The van der Waals surface area contributed by atoms with Crippen molar-refractivity contribution in [3.8, 4) is 0 Å². The first-order chi connectivity index (χ1) is 15.5. The van der Waals surface area contributed by atoms with E-state index in [9.17, 15) is 19.2 Å². The predicted octanol–water partition coefficient (Wildman–Crippen LogP) is -1.48. The Bertz CT molecular complexity index is 859. The Kier molecular flexibility index (Phi) is 6.93. The van der Waals surface area contributed by atoms with Gasteiger partial charge in [0.1, 0.15) is 17.8 Å². The van der Waals surface area contributed by atoms with Crippen LogP contribution in [-0.4, -0.2) is 94.7 Å². The van der Waals surface area contributed by atoms with Crippen molar-refractivity contribution >= 4 is 23.6 Å². The van der Waals surface area contributed by atoms with Gasteiger partial charge in [-0.3, -0.25) is 24.2 Å². The second-order valence-electron chi connectivity index (χ2n) is 8.41. The minimum Gasteiger partial charge on any atom is -0.354 e. The molecule has 1 aromatic heterocycles. The maximum Gasteiger partial charge on any atom is 0.274 e. The molecule has 4 heterocycles. The molecule has 0 radical (unpaired) electrons. The second-order valence-corrected chi connectivity index (χ2v) is 8.41. The largest absolute Gasteiger partial charge is 0.354 e. The molecule has 172 valence electrons. The van der Waals surface area contributed by atoms with Gasteiger partial charge in [-0.1, -0.05) is 0 Å². The molecule has 3 aliphatic rings. The molecule has 4 amide bonds. The van der Waals surface area contributed by atoms with Crippen LogP contribution in [0.15, 0.2) is 18.6 Å². The quantitative estimate of drug-likeness (QED) is 0.516. The van der Waals surface area contributed by atoms with Gasteiger partial charge in [0.05, 0.1) is 12.7 Å². The Morgan fingerprint density at radius 2 is 1.88 bits per heavy atom. The molecule has 3 saturated heterocycles. The Hall–Kier alpha value is -3.08. The van der Waals surface area contributed by atoms with Crippen molar-refractivity contribution in [1.82, 2.24) is 35.7 Å². The smallest absolute Gasteiger partial charge is 0.274 e. The lowest BCUT2D eigenvalue weighted by atomic mass is 9.95. The summed E-state index contributed by atoms with van der Waals surface area (Å²) >= 11 is 0. The molecule has 0 aromatic carbocycles. The number of hydrogen-bond donors (Lipinski definition) is 3. The van der Waals surface area contributed by atoms with Crippen LogP contribution in [0, 0.1) is 5.92 Å². The first-order valence-corrected chi connectivity index (χ1v) is 11.2. The number of amides is 4. The van der Waals surface area contributed by atoms with Crippen LogP contribution in [0.25, 0.3) is 0 Å². The average molecular weight is 444 g/mol. The van der Waals surface area contributed by atoms with Gasteiger partial charge in [-0.15, -0.1) is 0 Å². The first kappa shape index (κ1) is 22.1. The van der Waals surface area contributed by atoms with Crippen LogP contribution in [0.4, 0.5) is 0 Å². The standard InChI is InChI=1S/C21H29N7O4/c29-18-15(2-1-5-25-18)26-19(30)17-13-27(20(31)14-3-6-22-7-4-14)10-11-28(17)21(32)16-12-23-8-9-24-16/h8-9,12,14-15,17,22H,1-7,10-11,13H2,(H,25,29)(H,26,30)/t15-,17+/m1/s1. The van der Waals surface area contributed by atoms with Gasteiger partial charge in [0, 0.05) is 37.9 Å². The summed E-state index contributed by atoms with van der Waals surface area (Å²) in [4.78, 5) is 62.7. The van der Waals surface area contributed by atoms with E-state index >= 15 is 0 Å². The van der Waals surface area contributed by atoms with Gasteiger partial charge in [0.15, 0.2) is 0 Å². The van der Waals surface area contributed by atoms with Crippen LogP contribution >= 0.6 is 0 Å². The molecule has 3 fully saturated rings. The van der Waals surface area contributed by atoms with E-state index in [2.05, 4.69) is 25.9 Å². The molecule has 0 spiro atoms. The van der Waals surface area contributed by atoms with Gasteiger partial charge in [-0.25, -0.2) is 4.98 Å². The highest BCUT2D eigenvalue weighted by atomic mass is 16.2. The zero-order valence-corrected chi connectivity index (χ0v) is 18.0. The Labute approximate surface area is 186 Å². The van der Waals surface area contributed by atoms with Gasteiger partial charge in [-0.2, -0.15) is 0 Å². The summed E-state index contributed by atoms with van der Waals surface area (Å²) in [5.41, 5.74) is 0.138. The van der Waals surface area contributed by atoms with Gasteiger partial charge in [0.2, 0.25) is 17.7 Å². The highest BCUT2D eigenvalue weighted by molar-refractivity contribution is 5.97. The lowest BCUT2D eigenvalue weighted by molar-refractivity contribution is -0.142. The molecule has 4 rings (SSSR count). The summed E-state index contributed by atoms with van der Waals surface area (Å²) in [7, 11) is 0. The topological polar surface area (TPSA) is 137 Å².